The maximum absolute atomic E-state index is 11.8. The third kappa shape index (κ3) is 5.40. The summed E-state index contributed by atoms with van der Waals surface area (Å²) in [6, 6.07) is 17.4. The van der Waals surface area contributed by atoms with Crippen molar-refractivity contribution in [3.05, 3.63) is 71.3 Å². The van der Waals surface area contributed by atoms with E-state index in [1.54, 1.807) is 0 Å². The van der Waals surface area contributed by atoms with Crippen LogP contribution in [0.3, 0.4) is 0 Å². The molecule has 2 aromatic carbocycles. The summed E-state index contributed by atoms with van der Waals surface area (Å²) in [5.41, 5.74) is 3.09. The fourth-order valence-corrected chi connectivity index (χ4v) is 2.11. The molecule has 4 heteroatoms. The van der Waals surface area contributed by atoms with Crippen LogP contribution in [0.25, 0.3) is 0 Å². The topological polar surface area (TPSA) is 58.2 Å². The SMILES string of the molecule is Cc1cccc(CC(=O)NCC(=O)NCc2ccccc2)c1. The zero-order chi connectivity index (χ0) is 15.8. The number of aryl methyl sites for hydroxylation is 1. The average molecular weight is 296 g/mol. The number of rotatable bonds is 6. The van der Waals surface area contributed by atoms with Crippen molar-refractivity contribution in [3.8, 4) is 0 Å². The van der Waals surface area contributed by atoms with Gasteiger partial charge in [-0.1, -0.05) is 60.2 Å². The monoisotopic (exact) mass is 296 g/mol. The van der Waals surface area contributed by atoms with E-state index >= 15 is 0 Å². The lowest BCUT2D eigenvalue weighted by molar-refractivity contribution is -0.125. The van der Waals surface area contributed by atoms with Crippen molar-refractivity contribution in [2.75, 3.05) is 6.54 Å². The molecule has 2 aromatic rings. The van der Waals surface area contributed by atoms with Crippen LogP contribution in [0.2, 0.25) is 0 Å². The fourth-order valence-electron chi connectivity index (χ4n) is 2.11. The van der Waals surface area contributed by atoms with Gasteiger partial charge < -0.3 is 10.6 Å². The molecule has 0 saturated heterocycles. The van der Waals surface area contributed by atoms with E-state index in [1.807, 2.05) is 61.5 Å². The van der Waals surface area contributed by atoms with E-state index in [9.17, 15) is 9.59 Å². The minimum absolute atomic E-state index is 0.00250. The molecule has 22 heavy (non-hydrogen) atoms. The molecule has 0 aliphatic heterocycles. The smallest absolute Gasteiger partial charge is 0.239 e. The molecule has 0 aliphatic rings. The maximum atomic E-state index is 11.8. The highest BCUT2D eigenvalue weighted by atomic mass is 16.2. The summed E-state index contributed by atoms with van der Waals surface area (Å²) in [5.74, 6) is -0.345. The average Bonchev–Trinajstić information content (AvgIpc) is 2.52. The van der Waals surface area contributed by atoms with Gasteiger partial charge in [0.2, 0.25) is 11.8 Å². The highest BCUT2D eigenvalue weighted by Gasteiger charge is 2.06. The first-order chi connectivity index (χ1) is 10.6. The summed E-state index contributed by atoms with van der Waals surface area (Å²) < 4.78 is 0. The number of amides is 2. The lowest BCUT2D eigenvalue weighted by Crippen LogP contribution is -2.37. The van der Waals surface area contributed by atoms with Gasteiger partial charge in [-0.15, -0.1) is 0 Å². The molecule has 2 rings (SSSR count). The largest absolute Gasteiger partial charge is 0.350 e. The zero-order valence-electron chi connectivity index (χ0n) is 12.6. The Kier molecular flexibility index (Phi) is 5.72. The summed E-state index contributed by atoms with van der Waals surface area (Å²) in [7, 11) is 0. The molecular weight excluding hydrogens is 276 g/mol. The van der Waals surface area contributed by atoms with Gasteiger partial charge in [0.15, 0.2) is 0 Å². The third-order valence-corrected chi connectivity index (χ3v) is 3.23. The Labute approximate surface area is 130 Å². The van der Waals surface area contributed by atoms with Gasteiger partial charge in [-0.05, 0) is 18.1 Å². The van der Waals surface area contributed by atoms with E-state index in [0.29, 0.717) is 6.54 Å². The number of hydrogen-bond donors (Lipinski definition) is 2. The van der Waals surface area contributed by atoms with Crippen LogP contribution in [-0.2, 0) is 22.6 Å². The number of carbonyl (C=O) groups excluding carboxylic acids is 2. The summed E-state index contributed by atoms with van der Waals surface area (Å²) in [4.78, 5) is 23.5. The van der Waals surface area contributed by atoms with E-state index in [2.05, 4.69) is 10.6 Å². The van der Waals surface area contributed by atoms with E-state index < -0.39 is 0 Å². The molecule has 0 atom stereocenters. The van der Waals surface area contributed by atoms with Crippen LogP contribution in [0.4, 0.5) is 0 Å². The van der Waals surface area contributed by atoms with Crippen molar-refractivity contribution < 1.29 is 9.59 Å². The second-order valence-corrected chi connectivity index (χ2v) is 5.20. The molecule has 0 spiro atoms. The Bertz CT molecular complexity index is 639. The van der Waals surface area contributed by atoms with E-state index in [0.717, 1.165) is 16.7 Å². The van der Waals surface area contributed by atoms with Crippen molar-refractivity contribution in [1.82, 2.24) is 10.6 Å². The van der Waals surface area contributed by atoms with Gasteiger partial charge in [0.05, 0.1) is 13.0 Å². The molecule has 0 saturated carbocycles. The molecule has 2 amide bonds. The molecule has 0 aromatic heterocycles. The molecule has 0 heterocycles. The Morgan fingerprint density at radius 2 is 1.59 bits per heavy atom. The standard InChI is InChI=1S/C18H20N2O2/c1-14-6-5-9-16(10-14)11-17(21)20-13-18(22)19-12-15-7-3-2-4-8-15/h2-10H,11-13H2,1H3,(H,19,22)(H,20,21). The summed E-state index contributed by atoms with van der Waals surface area (Å²) in [5, 5.41) is 5.41. The Hall–Kier alpha value is -2.62. The Morgan fingerprint density at radius 3 is 2.32 bits per heavy atom. The lowest BCUT2D eigenvalue weighted by Gasteiger charge is -2.07. The molecule has 0 bridgehead atoms. The first-order valence-corrected chi connectivity index (χ1v) is 7.26. The number of hydrogen-bond acceptors (Lipinski definition) is 2. The van der Waals surface area contributed by atoms with E-state index in [4.69, 9.17) is 0 Å². The minimum atomic E-state index is -0.193. The van der Waals surface area contributed by atoms with Crippen LogP contribution in [0, 0.1) is 6.92 Å². The predicted molar refractivity (Wildman–Crippen MR) is 86.2 cm³/mol. The molecular formula is C18H20N2O2. The second-order valence-electron chi connectivity index (χ2n) is 5.20. The van der Waals surface area contributed by atoms with Gasteiger partial charge in [0.1, 0.15) is 0 Å². The first kappa shape index (κ1) is 15.8. The maximum Gasteiger partial charge on any atom is 0.239 e. The van der Waals surface area contributed by atoms with Crippen LogP contribution >= 0.6 is 0 Å². The molecule has 0 fully saturated rings. The van der Waals surface area contributed by atoms with Crippen LogP contribution in [0.15, 0.2) is 54.6 Å². The highest BCUT2D eigenvalue weighted by Crippen LogP contribution is 2.04. The van der Waals surface area contributed by atoms with E-state index in [-0.39, 0.29) is 24.8 Å². The van der Waals surface area contributed by atoms with Crippen LogP contribution in [0.1, 0.15) is 16.7 Å². The van der Waals surface area contributed by atoms with Gasteiger partial charge >= 0.3 is 0 Å². The van der Waals surface area contributed by atoms with Crippen LogP contribution < -0.4 is 10.6 Å². The van der Waals surface area contributed by atoms with Crippen molar-refractivity contribution in [2.24, 2.45) is 0 Å². The van der Waals surface area contributed by atoms with Crippen molar-refractivity contribution in [2.45, 2.75) is 19.9 Å². The van der Waals surface area contributed by atoms with Crippen molar-refractivity contribution in [3.63, 3.8) is 0 Å². The lowest BCUT2D eigenvalue weighted by atomic mass is 10.1. The Morgan fingerprint density at radius 1 is 0.864 bits per heavy atom. The van der Waals surface area contributed by atoms with E-state index in [1.165, 1.54) is 0 Å². The molecule has 4 nitrogen and oxygen atoms in total. The second kappa shape index (κ2) is 7.98. The normalized spacial score (nSPS) is 10.0. The summed E-state index contributed by atoms with van der Waals surface area (Å²) in [6.07, 6.45) is 0.285. The minimum Gasteiger partial charge on any atom is -0.350 e. The van der Waals surface area contributed by atoms with Crippen LogP contribution in [0.5, 0.6) is 0 Å². The third-order valence-electron chi connectivity index (χ3n) is 3.23. The predicted octanol–water partition coefficient (Wildman–Crippen LogP) is 1.97. The van der Waals surface area contributed by atoms with Gasteiger partial charge in [-0.2, -0.15) is 0 Å². The van der Waals surface area contributed by atoms with Gasteiger partial charge in [0, 0.05) is 6.54 Å². The zero-order valence-corrected chi connectivity index (χ0v) is 12.6. The Balaban J connectivity index is 1.70. The van der Waals surface area contributed by atoms with Crippen molar-refractivity contribution in [1.29, 1.82) is 0 Å². The van der Waals surface area contributed by atoms with Crippen LogP contribution in [-0.4, -0.2) is 18.4 Å². The highest BCUT2D eigenvalue weighted by molar-refractivity contribution is 5.85. The van der Waals surface area contributed by atoms with Crippen molar-refractivity contribution >= 4 is 11.8 Å². The quantitative estimate of drug-likeness (QED) is 0.856. The van der Waals surface area contributed by atoms with Gasteiger partial charge in [-0.3, -0.25) is 9.59 Å². The molecule has 0 unspecified atom stereocenters. The summed E-state index contributed by atoms with van der Waals surface area (Å²) >= 11 is 0. The van der Waals surface area contributed by atoms with Gasteiger partial charge in [0.25, 0.3) is 0 Å². The molecule has 0 aliphatic carbocycles. The molecule has 114 valence electrons. The number of carbonyl (C=O) groups is 2. The fraction of sp³-hybridized carbons (Fsp3) is 0.222. The molecule has 2 N–H and O–H groups in total. The molecule has 0 radical (unpaired) electrons. The number of nitrogens with one attached hydrogen (secondary N) is 2. The van der Waals surface area contributed by atoms with Gasteiger partial charge in [-0.25, -0.2) is 0 Å². The summed E-state index contributed by atoms with van der Waals surface area (Å²) in [6.45, 7) is 2.45. The number of benzene rings is 2. The first-order valence-electron chi connectivity index (χ1n) is 7.26.